The van der Waals surface area contributed by atoms with Gasteiger partial charge in [0.2, 0.25) is 0 Å². The molecule has 0 amide bonds. The van der Waals surface area contributed by atoms with E-state index in [1.165, 1.54) is 0 Å². The second-order valence-corrected chi connectivity index (χ2v) is 5.02. The summed E-state index contributed by atoms with van der Waals surface area (Å²) in [5, 5.41) is 12.3. The minimum absolute atomic E-state index is 0.168. The molecule has 0 fully saturated rings. The van der Waals surface area contributed by atoms with Crippen molar-refractivity contribution in [2.75, 3.05) is 17.6 Å². The molecule has 4 heteroatoms. The Hall–Kier alpha value is -1.71. The fourth-order valence-electron chi connectivity index (χ4n) is 1.82. The predicted molar refractivity (Wildman–Crippen MR) is 75.1 cm³/mol. The van der Waals surface area contributed by atoms with Crippen LogP contribution in [0.3, 0.4) is 0 Å². The van der Waals surface area contributed by atoms with E-state index in [1.54, 1.807) is 6.07 Å². The zero-order valence-electron chi connectivity index (χ0n) is 11.3. The zero-order chi connectivity index (χ0) is 13.7. The highest BCUT2D eigenvalue weighted by Gasteiger charge is 2.11. The summed E-state index contributed by atoms with van der Waals surface area (Å²) >= 11 is 0. The van der Waals surface area contributed by atoms with E-state index in [-0.39, 0.29) is 5.56 Å². The number of hydrogen-bond acceptors (Lipinski definition) is 3. The van der Waals surface area contributed by atoms with Crippen LogP contribution in [0.1, 0.15) is 42.6 Å². The number of nitrogens with one attached hydrogen (secondary N) is 1. The Labute approximate surface area is 108 Å². The van der Waals surface area contributed by atoms with Gasteiger partial charge in [0.25, 0.3) is 0 Å². The van der Waals surface area contributed by atoms with Crippen LogP contribution in [0.25, 0.3) is 0 Å². The van der Waals surface area contributed by atoms with Gasteiger partial charge in [-0.25, -0.2) is 4.79 Å². The molecule has 0 unspecified atom stereocenters. The quantitative estimate of drug-likeness (QED) is 0.535. The second-order valence-electron chi connectivity index (χ2n) is 5.02. The number of carbonyl (C=O) groups is 1. The Morgan fingerprint density at radius 2 is 2.11 bits per heavy atom. The van der Waals surface area contributed by atoms with Crippen molar-refractivity contribution in [3.05, 3.63) is 23.3 Å². The number of carboxylic acids is 1. The molecule has 0 aromatic heterocycles. The lowest BCUT2D eigenvalue weighted by atomic mass is 10.1. The van der Waals surface area contributed by atoms with Crippen molar-refractivity contribution in [3.63, 3.8) is 0 Å². The first-order valence-electron chi connectivity index (χ1n) is 6.29. The number of aryl methyl sites for hydroxylation is 1. The number of hydrogen-bond donors (Lipinski definition) is 3. The van der Waals surface area contributed by atoms with Gasteiger partial charge in [0.1, 0.15) is 0 Å². The van der Waals surface area contributed by atoms with Gasteiger partial charge in [-0.2, -0.15) is 0 Å². The molecule has 0 saturated heterocycles. The fourth-order valence-corrected chi connectivity index (χ4v) is 1.82. The molecule has 0 aliphatic heterocycles. The number of carboxylic acid groups (broad SMARTS) is 1. The summed E-state index contributed by atoms with van der Waals surface area (Å²) in [5.41, 5.74) is 7.86. The van der Waals surface area contributed by atoms with Crippen LogP contribution in [-0.2, 0) is 0 Å². The van der Waals surface area contributed by atoms with Crippen LogP contribution < -0.4 is 11.1 Å². The first kappa shape index (κ1) is 14.4. The van der Waals surface area contributed by atoms with Crippen LogP contribution >= 0.6 is 0 Å². The van der Waals surface area contributed by atoms with Crippen molar-refractivity contribution < 1.29 is 9.90 Å². The van der Waals surface area contributed by atoms with E-state index < -0.39 is 5.97 Å². The fraction of sp³-hybridized carbons (Fsp3) is 0.500. The smallest absolute Gasteiger partial charge is 0.337 e. The molecule has 0 saturated carbocycles. The minimum Gasteiger partial charge on any atom is -0.478 e. The lowest BCUT2D eigenvalue weighted by molar-refractivity contribution is 0.0698. The number of anilines is 2. The lowest BCUT2D eigenvalue weighted by Gasteiger charge is -2.11. The van der Waals surface area contributed by atoms with Crippen molar-refractivity contribution in [1.82, 2.24) is 0 Å². The average Bonchev–Trinajstić information content (AvgIpc) is 2.28. The molecule has 0 bridgehead atoms. The normalized spacial score (nSPS) is 10.7. The van der Waals surface area contributed by atoms with E-state index in [0.717, 1.165) is 30.6 Å². The van der Waals surface area contributed by atoms with Gasteiger partial charge in [0.15, 0.2) is 0 Å². The van der Waals surface area contributed by atoms with Crippen LogP contribution in [0.15, 0.2) is 12.1 Å². The molecule has 0 aliphatic rings. The van der Waals surface area contributed by atoms with E-state index >= 15 is 0 Å². The van der Waals surface area contributed by atoms with Gasteiger partial charge in [-0.15, -0.1) is 0 Å². The Morgan fingerprint density at radius 3 is 2.67 bits per heavy atom. The molecule has 4 nitrogen and oxygen atoms in total. The van der Waals surface area contributed by atoms with Crippen LogP contribution in [0.4, 0.5) is 11.4 Å². The van der Waals surface area contributed by atoms with E-state index in [1.807, 2.05) is 13.0 Å². The number of benzene rings is 1. The van der Waals surface area contributed by atoms with E-state index in [9.17, 15) is 4.79 Å². The summed E-state index contributed by atoms with van der Waals surface area (Å²) in [6, 6.07) is 3.48. The molecule has 1 aromatic rings. The molecule has 18 heavy (non-hydrogen) atoms. The first-order valence-corrected chi connectivity index (χ1v) is 6.29. The van der Waals surface area contributed by atoms with E-state index in [2.05, 4.69) is 19.2 Å². The summed E-state index contributed by atoms with van der Waals surface area (Å²) in [4.78, 5) is 11.0. The summed E-state index contributed by atoms with van der Waals surface area (Å²) < 4.78 is 0. The van der Waals surface area contributed by atoms with Crippen LogP contribution in [0.5, 0.6) is 0 Å². The van der Waals surface area contributed by atoms with Gasteiger partial charge in [0.05, 0.1) is 5.56 Å². The molecule has 4 N–H and O–H groups in total. The lowest BCUT2D eigenvalue weighted by Crippen LogP contribution is -2.08. The van der Waals surface area contributed by atoms with Crippen molar-refractivity contribution >= 4 is 17.3 Å². The highest BCUT2D eigenvalue weighted by Crippen LogP contribution is 2.23. The molecule has 0 spiro atoms. The standard InChI is InChI=1S/C14H22N2O2/c1-9(2)5-4-6-16-11-7-10(3)13(15)12(8-11)14(17)18/h7-9,16H,4-6,15H2,1-3H3,(H,17,18). The monoisotopic (exact) mass is 250 g/mol. The maximum Gasteiger partial charge on any atom is 0.337 e. The number of rotatable bonds is 6. The Morgan fingerprint density at radius 1 is 1.44 bits per heavy atom. The summed E-state index contributed by atoms with van der Waals surface area (Å²) in [5.74, 6) is -0.295. The first-order chi connectivity index (χ1) is 8.41. The molecular weight excluding hydrogens is 228 g/mol. The molecule has 1 rings (SSSR count). The molecule has 0 radical (unpaired) electrons. The summed E-state index contributed by atoms with van der Waals surface area (Å²) in [7, 11) is 0. The number of nitrogens with two attached hydrogens (primary N) is 1. The molecule has 0 heterocycles. The van der Waals surface area contributed by atoms with Gasteiger partial charge in [0, 0.05) is 17.9 Å². The van der Waals surface area contributed by atoms with Crippen LogP contribution in [-0.4, -0.2) is 17.6 Å². The van der Waals surface area contributed by atoms with Gasteiger partial charge >= 0.3 is 5.97 Å². The van der Waals surface area contributed by atoms with Gasteiger partial charge < -0.3 is 16.2 Å². The third-order valence-electron chi connectivity index (χ3n) is 2.90. The van der Waals surface area contributed by atoms with Crippen LogP contribution in [0.2, 0.25) is 0 Å². The van der Waals surface area contributed by atoms with Gasteiger partial charge in [-0.1, -0.05) is 13.8 Å². The largest absolute Gasteiger partial charge is 0.478 e. The van der Waals surface area contributed by atoms with Crippen molar-refractivity contribution in [2.45, 2.75) is 33.6 Å². The van der Waals surface area contributed by atoms with Gasteiger partial charge in [-0.05, 0) is 43.4 Å². The van der Waals surface area contributed by atoms with Crippen LogP contribution in [0, 0.1) is 12.8 Å². The maximum absolute atomic E-state index is 11.0. The highest BCUT2D eigenvalue weighted by molar-refractivity contribution is 5.95. The average molecular weight is 250 g/mol. The SMILES string of the molecule is Cc1cc(NCCCC(C)C)cc(C(=O)O)c1N. The van der Waals surface area contributed by atoms with E-state index in [4.69, 9.17) is 10.8 Å². The molecular formula is C14H22N2O2. The zero-order valence-corrected chi connectivity index (χ0v) is 11.3. The summed E-state index contributed by atoms with van der Waals surface area (Å²) in [6.45, 7) is 7.05. The second kappa shape index (κ2) is 6.28. The predicted octanol–water partition coefficient (Wildman–Crippen LogP) is 3.12. The molecule has 0 aliphatic carbocycles. The number of nitrogen functional groups attached to an aromatic ring is 1. The Balaban J connectivity index is 2.69. The highest BCUT2D eigenvalue weighted by atomic mass is 16.4. The minimum atomic E-state index is -0.985. The third-order valence-corrected chi connectivity index (χ3v) is 2.90. The topological polar surface area (TPSA) is 75.3 Å². The molecule has 1 aromatic carbocycles. The Kier molecular flexibility index (Phi) is 5.01. The molecule has 100 valence electrons. The Bertz CT molecular complexity index is 428. The molecule has 0 atom stereocenters. The van der Waals surface area contributed by atoms with Crippen molar-refractivity contribution in [2.24, 2.45) is 5.92 Å². The van der Waals surface area contributed by atoms with Gasteiger partial charge in [-0.3, -0.25) is 0 Å². The third kappa shape index (κ3) is 3.95. The number of aromatic carboxylic acids is 1. The maximum atomic E-state index is 11.0. The van der Waals surface area contributed by atoms with Crippen molar-refractivity contribution in [3.8, 4) is 0 Å². The van der Waals surface area contributed by atoms with Crippen molar-refractivity contribution in [1.29, 1.82) is 0 Å². The summed E-state index contributed by atoms with van der Waals surface area (Å²) in [6.07, 6.45) is 2.23. The van der Waals surface area contributed by atoms with E-state index in [0.29, 0.717) is 11.6 Å².